The molecule has 2 amide bonds. The molecular weight excluding hydrogens is 617 g/mol. The normalized spacial score (nSPS) is 13.9. The molecule has 48 heavy (non-hydrogen) atoms. The smallest absolute Gasteiger partial charge is 0.337 e. The highest BCUT2D eigenvalue weighted by molar-refractivity contribution is 6.04. The van der Waals surface area contributed by atoms with Gasteiger partial charge in [0, 0.05) is 54.1 Å². The zero-order valence-electron chi connectivity index (χ0n) is 27.1. The number of nitrogens with two attached hydrogens (primary N) is 1. The van der Waals surface area contributed by atoms with Crippen LogP contribution in [0.5, 0.6) is 0 Å². The van der Waals surface area contributed by atoms with E-state index in [-0.39, 0.29) is 35.2 Å². The molecule has 3 N–H and O–H groups in total. The highest BCUT2D eigenvalue weighted by atomic mass is 19.1. The number of nitrogens with one attached hydrogen (secondary N) is 1. The second-order valence-electron chi connectivity index (χ2n) is 12.5. The average molecular weight is 654 g/mol. The van der Waals surface area contributed by atoms with E-state index >= 15 is 0 Å². The maximum atomic E-state index is 13.5. The molecule has 1 aliphatic heterocycles. The van der Waals surface area contributed by atoms with Crippen LogP contribution >= 0.6 is 0 Å². The molecule has 0 unspecified atom stereocenters. The minimum atomic E-state index is -0.882. The maximum Gasteiger partial charge on any atom is 0.337 e. The van der Waals surface area contributed by atoms with E-state index in [1.54, 1.807) is 26.0 Å². The van der Waals surface area contributed by atoms with Crippen LogP contribution in [0.1, 0.15) is 68.5 Å². The topological polar surface area (TPSA) is 163 Å². The predicted molar refractivity (Wildman–Crippen MR) is 179 cm³/mol. The number of anilines is 2. The summed E-state index contributed by atoms with van der Waals surface area (Å²) in [5.74, 6) is -0.860. The number of amides is 2. The Morgan fingerprint density at radius 1 is 1.00 bits per heavy atom. The Kier molecular flexibility index (Phi) is 8.65. The van der Waals surface area contributed by atoms with Crippen LogP contribution in [0, 0.1) is 11.7 Å². The molecule has 13 nitrogen and oxygen atoms in total. The summed E-state index contributed by atoms with van der Waals surface area (Å²) in [5, 5.41) is 7.26. The number of hydrogen-bond acceptors (Lipinski definition) is 8. The first-order chi connectivity index (χ1) is 22.9. The number of nitrogens with zero attached hydrogens (tertiary/aromatic N) is 7. The van der Waals surface area contributed by atoms with Crippen molar-refractivity contribution in [3.63, 3.8) is 0 Å². The third-order valence-corrected chi connectivity index (χ3v) is 8.64. The molecular formula is C34H36FN9O4. The number of carbonyl (C=O) groups excluding carboxylic acids is 2. The van der Waals surface area contributed by atoms with E-state index in [0.717, 1.165) is 46.5 Å². The Balaban J connectivity index is 1.28. The van der Waals surface area contributed by atoms with Gasteiger partial charge in [-0.25, -0.2) is 28.2 Å². The van der Waals surface area contributed by atoms with Crippen LogP contribution in [0.4, 0.5) is 15.9 Å². The summed E-state index contributed by atoms with van der Waals surface area (Å²) < 4.78 is 17.3. The summed E-state index contributed by atoms with van der Waals surface area (Å²) in [6.07, 6.45) is 5.13. The van der Waals surface area contributed by atoms with Crippen molar-refractivity contribution >= 4 is 28.8 Å². The van der Waals surface area contributed by atoms with E-state index in [9.17, 15) is 23.6 Å². The van der Waals surface area contributed by atoms with Gasteiger partial charge in [0.1, 0.15) is 29.0 Å². The van der Waals surface area contributed by atoms with Crippen molar-refractivity contribution in [1.82, 2.24) is 33.6 Å². The number of carbonyl (C=O) groups is 2. The molecule has 1 fully saturated rings. The van der Waals surface area contributed by atoms with Crippen LogP contribution in [0.25, 0.3) is 22.5 Å². The number of halogens is 1. The molecule has 6 rings (SSSR count). The van der Waals surface area contributed by atoms with Crippen LogP contribution < -0.4 is 22.3 Å². The van der Waals surface area contributed by atoms with Crippen molar-refractivity contribution in [2.75, 3.05) is 24.1 Å². The van der Waals surface area contributed by atoms with Crippen molar-refractivity contribution in [2.45, 2.75) is 52.5 Å². The van der Waals surface area contributed by atoms with Crippen LogP contribution in [-0.2, 0) is 4.79 Å². The zero-order valence-corrected chi connectivity index (χ0v) is 27.1. The fourth-order valence-corrected chi connectivity index (χ4v) is 6.10. The fraction of sp³-hybridized carbons (Fsp3) is 0.324. The number of rotatable bonds is 7. The Morgan fingerprint density at radius 2 is 1.71 bits per heavy atom. The van der Waals surface area contributed by atoms with Crippen molar-refractivity contribution in [3.05, 3.63) is 99.1 Å². The number of nitrogen functional groups attached to an aromatic ring is 1. The van der Waals surface area contributed by atoms with E-state index in [1.165, 1.54) is 23.2 Å². The van der Waals surface area contributed by atoms with Gasteiger partial charge < -0.3 is 16.0 Å². The number of likely N-dealkylation sites (tertiary alicyclic amines) is 1. The predicted octanol–water partition coefficient (Wildman–Crippen LogP) is 4.02. The molecule has 0 atom stereocenters. The van der Waals surface area contributed by atoms with Gasteiger partial charge in [0.15, 0.2) is 5.82 Å². The van der Waals surface area contributed by atoms with Crippen molar-refractivity contribution in [1.29, 1.82) is 0 Å². The maximum absolute atomic E-state index is 13.5. The summed E-state index contributed by atoms with van der Waals surface area (Å²) in [4.78, 5) is 62.5. The van der Waals surface area contributed by atoms with Gasteiger partial charge >= 0.3 is 5.69 Å². The highest BCUT2D eigenvalue weighted by Gasteiger charge is 2.29. The van der Waals surface area contributed by atoms with Gasteiger partial charge in [-0.05, 0) is 62.6 Å². The Bertz CT molecular complexity index is 2130. The molecule has 5 aromatic rings. The SMILES string of the molecule is CC(C)C(=O)N1CCC(c2cc(-c3ccc(NC(=O)c4cn(C(C)C)c(=O)n(-c5ccc(F)cn5)c4=O)cc3)c3c(N)ncnn23)CC1. The molecule has 0 spiro atoms. The molecule has 1 aliphatic rings. The van der Waals surface area contributed by atoms with E-state index < -0.39 is 23.0 Å². The largest absolute Gasteiger partial charge is 0.382 e. The third-order valence-electron chi connectivity index (χ3n) is 8.64. The van der Waals surface area contributed by atoms with Crippen LogP contribution in [0.15, 0.2) is 70.8 Å². The minimum Gasteiger partial charge on any atom is -0.382 e. The van der Waals surface area contributed by atoms with E-state index in [2.05, 4.69) is 26.4 Å². The summed E-state index contributed by atoms with van der Waals surface area (Å²) in [6.45, 7) is 8.63. The number of benzene rings is 1. The summed E-state index contributed by atoms with van der Waals surface area (Å²) in [7, 11) is 0. The molecule has 4 aromatic heterocycles. The molecule has 5 heterocycles. The van der Waals surface area contributed by atoms with Crippen molar-refractivity contribution < 1.29 is 14.0 Å². The molecule has 0 radical (unpaired) electrons. The van der Waals surface area contributed by atoms with Gasteiger partial charge in [0.2, 0.25) is 5.91 Å². The number of aromatic nitrogens is 6. The second kappa shape index (κ2) is 12.9. The molecule has 0 saturated carbocycles. The summed E-state index contributed by atoms with van der Waals surface area (Å²) in [6, 6.07) is 11.0. The van der Waals surface area contributed by atoms with Crippen LogP contribution in [-0.4, -0.2) is 58.5 Å². The average Bonchev–Trinajstić information content (AvgIpc) is 3.46. The lowest BCUT2D eigenvalue weighted by Crippen LogP contribution is -2.43. The molecule has 248 valence electrons. The monoisotopic (exact) mass is 653 g/mol. The van der Waals surface area contributed by atoms with Gasteiger partial charge in [0.25, 0.3) is 11.5 Å². The summed E-state index contributed by atoms with van der Waals surface area (Å²) in [5.41, 5.74) is 8.17. The van der Waals surface area contributed by atoms with E-state index in [0.29, 0.717) is 30.1 Å². The lowest BCUT2D eigenvalue weighted by Gasteiger charge is -2.33. The molecule has 14 heteroatoms. The van der Waals surface area contributed by atoms with E-state index in [4.69, 9.17) is 5.73 Å². The third kappa shape index (κ3) is 5.96. The quantitative estimate of drug-likeness (QED) is 0.266. The molecule has 1 saturated heterocycles. The fourth-order valence-electron chi connectivity index (χ4n) is 6.10. The Hall–Kier alpha value is -5.66. The number of fused-ring (bicyclic) bond motifs is 1. The first-order valence-corrected chi connectivity index (χ1v) is 15.8. The first-order valence-electron chi connectivity index (χ1n) is 15.8. The van der Waals surface area contributed by atoms with Crippen molar-refractivity contribution in [3.8, 4) is 16.9 Å². The minimum absolute atomic E-state index is 0.0465. The first kappa shape index (κ1) is 32.3. The number of piperidine rings is 1. The number of pyridine rings is 1. The lowest BCUT2D eigenvalue weighted by molar-refractivity contribution is -0.135. The Labute approximate surface area is 274 Å². The highest BCUT2D eigenvalue weighted by Crippen LogP contribution is 2.37. The van der Waals surface area contributed by atoms with Crippen LogP contribution in [0.3, 0.4) is 0 Å². The Morgan fingerprint density at radius 3 is 2.33 bits per heavy atom. The number of hydrogen-bond donors (Lipinski definition) is 2. The molecule has 0 aliphatic carbocycles. The van der Waals surface area contributed by atoms with Crippen LogP contribution in [0.2, 0.25) is 0 Å². The zero-order chi connectivity index (χ0) is 34.3. The standard InChI is InChI=1S/C34H36FN9O4/c1-19(2)32(46)41-13-11-22(12-14-41)27-15-25(29-30(36)38-18-39-44(27)29)21-5-8-24(9-6-21)40-31(45)26-17-42(20(3)4)34(48)43(33(26)47)28-10-7-23(35)16-37-28/h5-10,15-20,22H,11-14H2,1-4H3,(H,40,45)(H2,36,38,39). The lowest BCUT2D eigenvalue weighted by atomic mass is 9.92. The van der Waals surface area contributed by atoms with E-state index in [1.807, 2.05) is 35.4 Å². The second-order valence-corrected chi connectivity index (χ2v) is 12.5. The van der Waals surface area contributed by atoms with Gasteiger partial charge in [0.05, 0.1) is 6.20 Å². The molecule has 1 aromatic carbocycles. The van der Waals surface area contributed by atoms with Gasteiger partial charge in [-0.3, -0.25) is 19.0 Å². The van der Waals surface area contributed by atoms with Crippen molar-refractivity contribution in [2.24, 2.45) is 5.92 Å². The molecule has 0 bridgehead atoms. The van der Waals surface area contributed by atoms with Gasteiger partial charge in [-0.15, -0.1) is 0 Å². The summed E-state index contributed by atoms with van der Waals surface area (Å²) >= 11 is 0. The van der Waals surface area contributed by atoms with Gasteiger partial charge in [-0.2, -0.15) is 5.10 Å². The van der Waals surface area contributed by atoms with Gasteiger partial charge in [-0.1, -0.05) is 26.0 Å².